The summed E-state index contributed by atoms with van der Waals surface area (Å²) in [5.74, 6) is 1.20. The summed E-state index contributed by atoms with van der Waals surface area (Å²) in [7, 11) is 0. The summed E-state index contributed by atoms with van der Waals surface area (Å²) in [6.45, 7) is 4.22. The van der Waals surface area contributed by atoms with Gasteiger partial charge in [-0.3, -0.25) is 0 Å². The molecule has 0 spiro atoms. The third-order valence-electron chi connectivity index (χ3n) is 3.72. The topological polar surface area (TPSA) is 12.0 Å². The van der Waals surface area contributed by atoms with Crippen molar-refractivity contribution in [1.29, 1.82) is 0 Å². The van der Waals surface area contributed by atoms with Gasteiger partial charge in [0.1, 0.15) is 5.82 Å². The van der Waals surface area contributed by atoms with Crippen LogP contribution in [0.1, 0.15) is 25.3 Å². The average molecular weight is 256 g/mol. The van der Waals surface area contributed by atoms with Gasteiger partial charge in [-0.25, -0.2) is 4.39 Å². The Morgan fingerprint density at radius 1 is 1.35 bits per heavy atom. The van der Waals surface area contributed by atoms with Crippen molar-refractivity contribution in [1.82, 2.24) is 5.32 Å². The summed E-state index contributed by atoms with van der Waals surface area (Å²) < 4.78 is 13.1. The van der Waals surface area contributed by atoms with E-state index in [0.717, 1.165) is 31.0 Å². The van der Waals surface area contributed by atoms with Crippen molar-refractivity contribution in [3.8, 4) is 0 Å². The third kappa shape index (κ3) is 3.20. The highest BCUT2D eigenvalue weighted by atomic mass is 35.5. The molecule has 0 radical (unpaired) electrons. The van der Waals surface area contributed by atoms with E-state index in [1.165, 1.54) is 18.9 Å². The van der Waals surface area contributed by atoms with Crippen LogP contribution in [0, 0.1) is 17.7 Å². The van der Waals surface area contributed by atoms with Crippen molar-refractivity contribution in [3.63, 3.8) is 0 Å². The minimum absolute atomic E-state index is 0.188. The van der Waals surface area contributed by atoms with E-state index in [1.807, 2.05) is 0 Å². The number of benzene rings is 1. The first kappa shape index (κ1) is 12.8. The molecule has 1 aromatic rings. The summed E-state index contributed by atoms with van der Waals surface area (Å²) in [6, 6.07) is 4.65. The second kappa shape index (κ2) is 5.83. The van der Waals surface area contributed by atoms with Gasteiger partial charge in [0, 0.05) is 5.02 Å². The molecule has 1 aliphatic rings. The molecule has 1 nitrogen and oxygen atoms in total. The van der Waals surface area contributed by atoms with E-state index in [1.54, 1.807) is 12.1 Å². The van der Waals surface area contributed by atoms with E-state index in [9.17, 15) is 4.39 Å². The van der Waals surface area contributed by atoms with Crippen LogP contribution in [-0.2, 0) is 6.42 Å². The fraction of sp³-hybridized carbons (Fsp3) is 0.571. The van der Waals surface area contributed by atoms with Gasteiger partial charge in [0.05, 0.1) is 0 Å². The van der Waals surface area contributed by atoms with Gasteiger partial charge >= 0.3 is 0 Å². The molecule has 2 rings (SSSR count). The molecular formula is C14H19ClFN. The van der Waals surface area contributed by atoms with Crippen LogP contribution in [0.15, 0.2) is 18.2 Å². The number of halogens is 2. The predicted molar refractivity (Wildman–Crippen MR) is 69.9 cm³/mol. The summed E-state index contributed by atoms with van der Waals surface area (Å²) in [6.07, 6.45) is 3.43. The molecule has 0 amide bonds. The zero-order valence-electron chi connectivity index (χ0n) is 10.2. The maximum atomic E-state index is 13.1. The van der Waals surface area contributed by atoms with E-state index in [4.69, 9.17) is 11.6 Å². The molecule has 0 saturated heterocycles. The standard InChI is InChI=1S/C14H19ClFN/c1-2-17-9-11-4-3-10(11)7-12-8-13(16)5-6-14(12)15/h5-6,8,10-11,17H,2-4,7,9H2,1H3. The Bertz CT molecular complexity index is 380. The van der Waals surface area contributed by atoms with Crippen molar-refractivity contribution >= 4 is 11.6 Å². The largest absolute Gasteiger partial charge is 0.317 e. The highest BCUT2D eigenvalue weighted by Gasteiger charge is 2.30. The average Bonchev–Trinajstić information content (AvgIpc) is 2.29. The van der Waals surface area contributed by atoms with E-state index in [-0.39, 0.29) is 5.82 Å². The Kier molecular flexibility index (Phi) is 4.41. The minimum Gasteiger partial charge on any atom is -0.317 e. The fourth-order valence-electron chi connectivity index (χ4n) is 2.49. The smallest absolute Gasteiger partial charge is 0.123 e. The fourth-order valence-corrected chi connectivity index (χ4v) is 2.68. The second-order valence-corrected chi connectivity index (χ2v) is 5.25. The first-order valence-electron chi connectivity index (χ1n) is 6.35. The van der Waals surface area contributed by atoms with Crippen LogP contribution in [0.5, 0.6) is 0 Å². The van der Waals surface area contributed by atoms with Gasteiger partial charge in [0.15, 0.2) is 0 Å². The summed E-state index contributed by atoms with van der Waals surface area (Å²) in [5, 5.41) is 4.08. The molecule has 3 heteroatoms. The van der Waals surface area contributed by atoms with Crippen LogP contribution in [-0.4, -0.2) is 13.1 Å². The number of rotatable bonds is 5. The van der Waals surface area contributed by atoms with Crippen LogP contribution in [0.25, 0.3) is 0 Å². The zero-order chi connectivity index (χ0) is 12.3. The van der Waals surface area contributed by atoms with Gasteiger partial charge in [0.2, 0.25) is 0 Å². The third-order valence-corrected chi connectivity index (χ3v) is 4.09. The molecule has 0 heterocycles. The molecule has 1 N–H and O–H groups in total. The highest BCUT2D eigenvalue weighted by Crippen LogP contribution is 2.37. The quantitative estimate of drug-likeness (QED) is 0.847. The Hall–Kier alpha value is -0.600. The Morgan fingerprint density at radius 3 is 2.76 bits per heavy atom. The number of hydrogen-bond donors (Lipinski definition) is 1. The van der Waals surface area contributed by atoms with E-state index < -0.39 is 0 Å². The van der Waals surface area contributed by atoms with Crippen LogP contribution in [0.3, 0.4) is 0 Å². The first-order chi connectivity index (χ1) is 8.20. The van der Waals surface area contributed by atoms with Crippen molar-refractivity contribution in [2.24, 2.45) is 11.8 Å². The van der Waals surface area contributed by atoms with Crippen LogP contribution < -0.4 is 5.32 Å². The molecule has 2 unspecified atom stereocenters. The molecule has 0 aliphatic heterocycles. The van der Waals surface area contributed by atoms with E-state index >= 15 is 0 Å². The predicted octanol–water partition coefficient (Wildman–Crippen LogP) is 3.66. The summed E-state index contributed by atoms with van der Waals surface area (Å²) >= 11 is 6.09. The van der Waals surface area contributed by atoms with Gasteiger partial charge in [-0.05, 0) is 68.0 Å². The number of nitrogens with one attached hydrogen (secondary N) is 1. The number of hydrogen-bond acceptors (Lipinski definition) is 1. The Balaban J connectivity index is 1.94. The molecule has 1 aliphatic carbocycles. The molecule has 94 valence electrons. The second-order valence-electron chi connectivity index (χ2n) is 4.85. The maximum absolute atomic E-state index is 13.1. The highest BCUT2D eigenvalue weighted by molar-refractivity contribution is 6.31. The lowest BCUT2D eigenvalue weighted by molar-refractivity contribution is 0.172. The molecular weight excluding hydrogens is 237 g/mol. The molecule has 0 aromatic heterocycles. The van der Waals surface area contributed by atoms with Gasteiger partial charge < -0.3 is 5.32 Å². The van der Waals surface area contributed by atoms with Gasteiger partial charge in [-0.1, -0.05) is 18.5 Å². The summed E-state index contributed by atoms with van der Waals surface area (Å²) in [4.78, 5) is 0. The normalized spacial score (nSPS) is 23.5. The van der Waals surface area contributed by atoms with Crippen molar-refractivity contribution < 1.29 is 4.39 Å². The Morgan fingerprint density at radius 2 is 2.12 bits per heavy atom. The molecule has 0 bridgehead atoms. The van der Waals surface area contributed by atoms with Gasteiger partial charge in [-0.2, -0.15) is 0 Å². The molecule has 1 fully saturated rings. The Labute approximate surface area is 107 Å². The van der Waals surface area contributed by atoms with E-state index in [0.29, 0.717) is 10.9 Å². The lowest BCUT2D eigenvalue weighted by atomic mass is 9.70. The van der Waals surface area contributed by atoms with Crippen molar-refractivity contribution in [2.45, 2.75) is 26.2 Å². The van der Waals surface area contributed by atoms with Gasteiger partial charge in [0.25, 0.3) is 0 Å². The molecule has 17 heavy (non-hydrogen) atoms. The molecule has 1 saturated carbocycles. The zero-order valence-corrected chi connectivity index (χ0v) is 10.9. The first-order valence-corrected chi connectivity index (χ1v) is 6.73. The lowest BCUT2D eigenvalue weighted by Crippen LogP contribution is -2.36. The molecule has 2 atom stereocenters. The van der Waals surface area contributed by atoms with E-state index in [2.05, 4.69) is 12.2 Å². The SMILES string of the molecule is CCNCC1CCC1Cc1cc(F)ccc1Cl. The lowest BCUT2D eigenvalue weighted by Gasteiger charge is -2.37. The van der Waals surface area contributed by atoms with Crippen LogP contribution >= 0.6 is 11.6 Å². The monoisotopic (exact) mass is 255 g/mol. The molecule has 1 aromatic carbocycles. The van der Waals surface area contributed by atoms with Crippen LogP contribution in [0.2, 0.25) is 5.02 Å². The minimum atomic E-state index is -0.188. The van der Waals surface area contributed by atoms with Crippen LogP contribution in [0.4, 0.5) is 4.39 Å². The van der Waals surface area contributed by atoms with Gasteiger partial charge in [-0.15, -0.1) is 0 Å². The maximum Gasteiger partial charge on any atom is 0.123 e. The van der Waals surface area contributed by atoms with Crippen molar-refractivity contribution in [2.75, 3.05) is 13.1 Å². The summed E-state index contributed by atoms with van der Waals surface area (Å²) in [5.41, 5.74) is 0.956. The van der Waals surface area contributed by atoms with Crippen molar-refractivity contribution in [3.05, 3.63) is 34.6 Å².